The molecular formula is C18H13Cl2NO2. The van der Waals surface area contributed by atoms with Crippen LogP contribution in [0.5, 0.6) is 0 Å². The number of rotatable bonds is 2. The maximum Gasteiger partial charge on any atom is 0.317 e. The van der Waals surface area contributed by atoms with Crippen LogP contribution in [0.2, 0.25) is 10.0 Å². The van der Waals surface area contributed by atoms with Gasteiger partial charge in [0.2, 0.25) is 0 Å². The molecule has 0 spiro atoms. The third-order valence-corrected chi connectivity index (χ3v) is 4.24. The molecule has 0 bridgehead atoms. The molecule has 1 atom stereocenters. The largest absolute Gasteiger partial charge is 0.468 e. The van der Waals surface area contributed by atoms with Crippen molar-refractivity contribution in [2.75, 3.05) is 7.11 Å². The van der Waals surface area contributed by atoms with E-state index in [4.69, 9.17) is 27.9 Å². The van der Waals surface area contributed by atoms with Gasteiger partial charge in [-0.1, -0.05) is 47.5 Å². The fourth-order valence-corrected chi connectivity index (χ4v) is 2.98. The summed E-state index contributed by atoms with van der Waals surface area (Å²) in [5.41, 5.74) is 3.02. The van der Waals surface area contributed by atoms with Crippen LogP contribution in [-0.4, -0.2) is 18.8 Å². The highest BCUT2D eigenvalue weighted by molar-refractivity contribution is 6.36. The number of fused-ring (bicyclic) bond motifs is 1. The molecule has 0 amide bonds. The number of ether oxygens (including phenoxy) is 1. The van der Waals surface area contributed by atoms with Gasteiger partial charge in [0.05, 0.1) is 12.8 Å². The van der Waals surface area contributed by atoms with Crippen molar-refractivity contribution in [3.8, 4) is 0 Å². The van der Waals surface area contributed by atoms with Crippen LogP contribution < -0.4 is 0 Å². The smallest absolute Gasteiger partial charge is 0.317 e. The predicted molar refractivity (Wildman–Crippen MR) is 92.4 cm³/mol. The molecule has 3 nitrogen and oxygen atoms in total. The lowest BCUT2D eigenvalue weighted by Gasteiger charge is -2.16. The Morgan fingerprint density at radius 3 is 2.65 bits per heavy atom. The molecule has 1 aliphatic heterocycles. The van der Waals surface area contributed by atoms with Gasteiger partial charge in [-0.3, -0.25) is 9.79 Å². The fourth-order valence-electron chi connectivity index (χ4n) is 2.58. The summed E-state index contributed by atoms with van der Waals surface area (Å²) in [5.74, 6) is -0.878. The van der Waals surface area contributed by atoms with E-state index in [9.17, 15) is 4.79 Å². The zero-order valence-electron chi connectivity index (χ0n) is 12.3. The predicted octanol–water partition coefficient (Wildman–Crippen LogP) is 4.61. The lowest BCUT2D eigenvalue weighted by atomic mass is 9.90. The van der Waals surface area contributed by atoms with Crippen molar-refractivity contribution >= 4 is 34.9 Å². The zero-order valence-corrected chi connectivity index (χ0v) is 13.8. The number of benzene rings is 2. The van der Waals surface area contributed by atoms with Crippen LogP contribution in [0, 0.1) is 0 Å². The van der Waals surface area contributed by atoms with E-state index in [1.165, 1.54) is 7.11 Å². The number of halogens is 2. The maximum atomic E-state index is 12.1. The second-order valence-electron chi connectivity index (χ2n) is 5.03. The first kappa shape index (κ1) is 15.8. The molecule has 3 rings (SSSR count). The normalized spacial score (nSPS) is 16.3. The molecule has 0 saturated carbocycles. The summed E-state index contributed by atoms with van der Waals surface area (Å²) in [5, 5.41) is 1.15. The summed E-state index contributed by atoms with van der Waals surface area (Å²) in [6.45, 7) is 0. The van der Waals surface area contributed by atoms with Crippen molar-refractivity contribution in [3.63, 3.8) is 0 Å². The lowest BCUT2D eigenvalue weighted by molar-refractivity contribution is -0.141. The topological polar surface area (TPSA) is 38.7 Å². The second kappa shape index (κ2) is 6.57. The van der Waals surface area contributed by atoms with Crippen molar-refractivity contribution in [3.05, 3.63) is 81.5 Å². The van der Waals surface area contributed by atoms with Crippen molar-refractivity contribution in [2.45, 2.75) is 5.92 Å². The second-order valence-corrected chi connectivity index (χ2v) is 5.88. The minimum atomic E-state index is -0.531. The van der Waals surface area contributed by atoms with Crippen LogP contribution in [0.3, 0.4) is 0 Å². The van der Waals surface area contributed by atoms with E-state index in [1.54, 1.807) is 30.5 Å². The van der Waals surface area contributed by atoms with E-state index in [0.717, 1.165) is 16.7 Å². The van der Waals surface area contributed by atoms with Crippen molar-refractivity contribution < 1.29 is 9.53 Å². The first-order valence-corrected chi connectivity index (χ1v) is 7.74. The van der Waals surface area contributed by atoms with Gasteiger partial charge in [-0.25, -0.2) is 0 Å². The Morgan fingerprint density at radius 1 is 1.13 bits per heavy atom. The Hall–Kier alpha value is -2.10. The standard InChI is InChI=1S/C18H13Cl2NO2/c1-23-18(22)13-8-9-21-17(14-4-2-3-5-16(14)20)15-10-11(19)6-7-12(13)15/h2-10,13H,1H3. The molecule has 0 radical (unpaired) electrons. The average molecular weight is 346 g/mol. The van der Waals surface area contributed by atoms with Gasteiger partial charge in [0.1, 0.15) is 5.92 Å². The van der Waals surface area contributed by atoms with Crippen LogP contribution in [0.4, 0.5) is 0 Å². The zero-order chi connectivity index (χ0) is 16.4. The number of aliphatic imine (C=N–C) groups is 1. The van der Waals surface area contributed by atoms with Crippen LogP contribution in [0.1, 0.15) is 22.6 Å². The highest BCUT2D eigenvalue weighted by atomic mass is 35.5. The van der Waals surface area contributed by atoms with E-state index in [1.807, 2.05) is 24.3 Å². The first-order valence-electron chi connectivity index (χ1n) is 6.99. The Labute approximate surface area is 144 Å². The molecular weight excluding hydrogens is 333 g/mol. The summed E-state index contributed by atoms with van der Waals surface area (Å²) in [4.78, 5) is 16.6. The summed E-state index contributed by atoms with van der Waals surface area (Å²) < 4.78 is 4.90. The molecule has 1 aliphatic rings. The summed E-state index contributed by atoms with van der Waals surface area (Å²) in [7, 11) is 1.37. The molecule has 1 heterocycles. The summed E-state index contributed by atoms with van der Waals surface area (Å²) in [6, 6.07) is 12.8. The van der Waals surface area contributed by atoms with Gasteiger partial charge in [0.15, 0.2) is 0 Å². The molecule has 0 N–H and O–H groups in total. The van der Waals surface area contributed by atoms with Crippen LogP contribution in [-0.2, 0) is 9.53 Å². The molecule has 2 aromatic rings. The van der Waals surface area contributed by atoms with Gasteiger partial charge in [-0.2, -0.15) is 0 Å². The molecule has 2 aromatic carbocycles. The minimum absolute atomic E-state index is 0.347. The molecule has 0 aliphatic carbocycles. The molecule has 1 unspecified atom stereocenters. The molecule has 5 heteroatoms. The number of esters is 1. The van der Waals surface area contributed by atoms with Gasteiger partial charge in [0, 0.05) is 27.4 Å². The Bertz CT molecular complexity index is 828. The number of carbonyl (C=O) groups is 1. The van der Waals surface area contributed by atoms with E-state index in [2.05, 4.69) is 4.99 Å². The fraction of sp³-hybridized carbons (Fsp3) is 0.111. The number of hydrogen-bond acceptors (Lipinski definition) is 3. The highest BCUT2D eigenvalue weighted by Gasteiger charge is 2.26. The molecule has 23 heavy (non-hydrogen) atoms. The SMILES string of the molecule is COC(=O)C1C=CN=C(c2ccccc2Cl)c2cc(Cl)ccc21. The number of methoxy groups -OCH3 is 1. The Balaban J connectivity index is 2.22. The van der Waals surface area contributed by atoms with Gasteiger partial charge >= 0.3 is 5.97 Å². The van der Waals surface area contributed by atoms with E-state index < -0.39 is 5.92 Å². The monoisotopic (exact) mass is 345 g/mol. The van der Waals surface area contributed by atoms with Gasteiger partial charge in [0.25, 0.3) is 0 Å². The third-order valence-electron chi connectivity index (χ3n) is 3.67. The van der Waals surface area contributed by atoms with E-state index in [0.29, 0.717) is 15.8 Å². The molecule has 116 valence electrons. The van der Waals surface area contributed by atoms with Crippen LogP contribution in [0.25, 0.3) is 0 Å². The first-order chi connectivity index (χ1) is 11.1. The summed E-state index contributed by atoms with van der Waals surface area (Å²) >= 11 is 12.5. The van der Waals surface area contributed by atoms with Crippen LogP contribution >= 0.6 is 23.2 Å². The van der Waals surface area contributed by atoms with Gasteiger partial charge in [-0.15, -0.1) is 0 Å². The number of carbonyl (C=O) groups excluding carboxylic acids is 1. The Kier molecular flexibility index (Phi) is 4.51. The van der Waals surface area contributed by atoms with Crippen molar-refractivity contribution in [1.82, 2.24) is 0 Å². The summed E-state index contributed by atoms with van der Waals surface area (Å²) in [6.07, 6.45) is 3.32. The third kappa shape index (κ3) is 3.03. The quantitative estimate of drug-likeness (QED) is 0.745. The lowest BCUT2D eigenvalue weighted by Crippen LogP contribution is -2.15. The molecule has 0 fully saturated rings. The minimum Gasteiger partial charge on any atom is -0.468 e. The van der Waals surface area contributed by atoms with Gasteiger partial charge in [-0.05, 0) is 29.8 Å². The van der Waals surface area contributed by atoms with Gasteiger partial charge < -0.3 is 4.74 Å². The van der Waals surface area contributed by atoms with Crippen molar-refractivity contribution in [1.29, 1.82) is 0 Å². The average Bonchev–Trinajstić information content (AvgIpc) is 2.74. The molecule has 0 aromatic heterocycles. The maximum absolute atomic E-state index is 12.1. The van der Waals surface area contributed by atoms with Crippen molar-refractivity contribution in [2.24, 2.45) is 4.99 Å². The van der Waals surface area contributed by atoms with E-state index in [-0.39, 0.29) is 5.97 Å². The van der Waals surface area contributed by atoms with Crippen LogP contribution in [0.15, 0.2) is 59.7 Å². The highest BCUT2D eigenvalue weighted by Crippen LogP contribution is 2.31. The number of nitrogens with zero attached hydrogens (tertiary/aromatic N) is 1. The van der Waals surface area contributed by atoms with E-state index >= 15 is 0 Å². The number of hydrogen-bond donors (Lipinski definition) is 0. The molecule has 0 saturated heterocycles. The Morgan fingerprint density at radius 2 is 1.91 bits per heavy atom.